The molecule has 0 aliphatic carbocycles. The summed E-state index contributed by atoms with van der Waals surface area (Å²) in [7, 11) is 0. The fourth-order valence-electron chi connectivity index (χ4n) is 4.48. The van der Waals surface area contributed by atoms with Gasteiger partial charge in [-0.15, -0.1) is 13.2 Å². The molecule has 1 aliphatic heterocycles. The van der Waals surface area contributed by atoms with Crippen molar-refractivity contribution in [1.82, 2.24) is 5.32 Å². The number of carbonyl (C=O) groups excluding carboxylic acids is 2. The zero-order chi connectivity index (χ0) is 28.3. The van der Waals surface area contributed by atoms with E-state index in [9.17, 15) is 14.7 Å². The lowest BCUT2D eigenvalue weighted by Gasteiger charge is -2.28. The fourth-order valence-corrected chi connectivity index (χ4v) is 4.48. The lowest BCUT2D eigenvalue weighted by molar-refractivity contribution is -0.124. The summed E-state index contributed by atoms with van der Waals surface area (Å²) in [6, 6.07) is 18.1. The standard InChI is InChI=1S/C32H39NO6/c1-5-13-27(23(3)19-21-37-30(36)24-14-9-7-10-15-24)33-29(35)22-26(34)18-20-32(4)28(6-2)38-31(39-32)25-16-11-8-12-17-25/h5-12,14-17,19,26-28,31,34H,1-2,13,18,20-22H2,3-4H3,(H,33,35)/b23-19+/t26-,27+,28+,31+,32-/m1/s1. The van der Waals surface area contributed by atoms with Crippen LogP contribution in [0.4, 0.5) is 0 Å². The molecule has 1 aliphatic rings. The molecule has 39 heavy (non-hydrogen) atoms. The van der Waals surface area contributed by atoms with Crippen LogP contribution in [0.25, 0.3) is 0 Å². The molecule has 0 saturated carbocycles. The Bertz CT molecular complexity index is 1130. The van der Waals surface area contributed by atoms with Crippen molar-refractivity contribution in [3.8, 4) is 0 Å². The van der Waals surface area contributed by atoms with Gasteiger partial charge < -0.3 is 24.6 Å². The maximum atomic E-state index is 12.8. The molecule has 1 amide bonds. The van der Waals surface area contributed by atoms with Crippen LogP contribution < -0.4 is 5.32 Å². The summed E-state index contributed by atoms with van der Waals surface area (Å²) in [5.74, 6) is -0.689. The number of aliphatic hydroxyl groups excluding tert-OH is 1. The minimum atomic E-state index is -0.854. The van der Waals surface area contributed by atoms with E-state index in [1.807, 2.05) is 50.2 Å². The number of benzene rings is 2. The van der Waals surface area contributed by atoms with Gasteiger partial charge in [-0.25, -0.2) is 4.79 Å². The van der Waals surface area contributed by atoms with E-state index in [2.05, 4.69) is 18.5 Å². The molecular formula is C32H39NO6. The average Bonchev–Trinajstić information content (AvgIpc) is 3.29. The molecule has 1 fully saturated rings. The van der Waals surface area contributed by atoms with Crippen LogP contribution in [0, 0.1) is 0 Å². The Kier molecular flexibility index (Phi) is 11.2. The van der Waals surface area contributed by atoms with Crippen molar-refractivity contribution < 1.29 is 28.9 Å². The van der Waals surface area contributed by atoms with Crippen molar-refractivity contribution in [2.24, 2.45) is 0 Å². The van der Waals surface area contributed by atoms with Crippen LogP contribution in [0.2, 0.25) is 0 Å². The fraction of sp³-hybridized carbons (Fsp3) is 0.375. The van der Waals surface area contributed by atoms with Crippen molar-refractivity contribution in [3.63, 3.8) is 0 Å². The summed E-state index contributed by atoms with van der Waals surface area (Å²) in [6.07, 6.45) is 4.78. The summed E-state index contributed by atoms with van der Waals surface area (Å²) in [5, 5.41) is 13.6. The maximum Gasteiger partial charge on any atom is 0.338 e. The Balaban J connectivity index is 1.49. The number of aliphatic hydroxyl groups is 1. The predicted molar refractivity (Wildman–Crippen MR) is 151 cm³/mol. The molecule has 7 heteroatoms. The Morgan fingerprint density at radius 3 is 2.44 bits per heavy atom. The summed E-state index contributed by atoms with van der Waals surface area (Å²) >= 11 is 0. The number of nitrogens with one attached hydrogen (secondary N) is 1. The van der Waals surface area contributed by atoms with E-state index >= 15 is 0 Å². The van der Waals surface area contributed by atoms with E-state index in [1.165, 1.54) is 0 Å². The van der Waals surface area contributed by atoms with Gasteiger partial charge in [-0.2, -0.15) is 0 Å². The second-order valence-electron chi connectivity index (χ2n) is 9.92. The molecule has 5 atom stereocenters. The monoisotopic (exact) mass is 533 g/mol. The molecule has 2 aromatic rings. The van der Waals surface area contributed by atoms with Gasteiger partial charge in [-0.05, 0) is 51.3 Å². The van der Waals surface area contributed by atoms with Gasteiger partial charge in [-0.3, -0.25) is 4.79 Å². The van der Waals surface area contributed by atoms with Gasteiger partial charge in [0, 0.05) is 5.56 Å². The number of carbonyl (C=O) groups is 2. The summed E-state index contributed by atoms with van der Waals surface area (Å²) in [6.45, 7) is 11.5. The van der Waals surface area contributed by atoms with Crippen LogP contribution in [-0.2, 0) is 19.0 Å². The van der Waals surface area contributed by atoms with Crippen molar-refractivity contribution in [3.05, 3.63) is 109 Å². The van der Waals surface area contributed by atoms with Gasteiger partial charge in [0.2, 0.25) is 5.91 Å². The van der Waals surface area contributed by atoms with Gasteiger partial charge in [0.1, 0.15) is 12.7 Å². The van der Waals surface area contributed by atoms with E-state index < -0.39 is 24.0 Å². The third-order valence-corrected chi connectivity index (χ3v) is 6.85. The molecule has 2 aromatic carbocycles. The minimum Gasteiger partial charge on any atom is -0.458 e. The minimum absolute atomic E-state index is 0.0538. The Labute approximate surface area is 231 Å². The molecule has 0 unspecified atom stereocenters. The zero-order valence-electron chi connectivity index (χ0n) is 22.8. The van der Waals surface area contributed by atoms with Gasteiger partial charge in [-0.1, -0.05) is 66.3 Å². The van der Waals surface area contributed by atoms with Crippen molar-refractivity contribution in [2.45, 2.75) is 69.7 Å². The van der Waals surface area contributed by atoms with Gasteiger partial charge in [0.05, 0.1) is 29.7 Å². The first-order valence-corrected chi connectivity index (χ1v) is 13.2. The number of ether oxygens (including phenoxy) is 3. The van der Waals surface area contributed by atoms with Crippen LogP contribution in [-0.4, -0.2) is 47.4 Å². The molecule has 0 spiro atoms. The molecule has 2 N–H and O–H groups in total. The second-order valence-corrected chi connectivity index (χ2v) is 9.92. The molecule has 208 valence electrons. The third kappa shape index (κ3) is 8.75. The molecular weight excluding hydrogens is 494 g/mol. The maximum absolute atomic E-state index is 12.8. The Morgan fingerprint density at radius 1 is 1.13 bits per heavy atom. The molecule has 0 bridgehead atoms. The number of hydrogen-bond acceptors (Lipinski definition) is 6. The van der Waals surface area contributed by atoms with E-state index in [0.29, 0.717) is 24.8 Å². The van der Waals surface area contributed by atoms with Gasteiger partial charge in [0.25, 0.3) is 0 Å². The van der Waals surface area contributed by atoms with Crippen LogP contribution in [0.5, 0.6) is 0 Å². The normalized spacial score (nSPS) is 22.5. The lowest BCUT2D eigenvalue weighted by atomic mass is 9.91. The SMILES string of the molecule is C=CC[C@H](NC(=O)C[C@H](O)CC[C@@]1(C)O[C@@H](c2ccccc2)O[C@H]1C=C)/C(C)=C/COC(=O)c1ccccc1. The molecule has 0 aromatic heterocycles. The highest BCUT2D eigenvalue weighted by Gasteiger charge is 2.45. The van der Waals surface area contributed by atoms with E-state index in [4.69, 9.17) is 14.2 Å². The highest BCUT2D eigenvalue weighted by Crippen LogP contribution is 2.41. The highest BCUT2D eigenvalue weighted by molar-refractivity contribution is 5.89. The number of esters is 1. The van der Waals surface area contributed by atoms with Crippen LogP contribution in [0.1, 0.15) is 61.7 Å². The van der Waals surface area contributed by atoms with Crippen molar-refractivity contribution >= 4 is 11.9 Å². The van der Waals surface area contributed by atoms with Gasteiger partial charge in [0.15, 0.2) is 6.29 Å². The number of amides is 1. The van der Waals surface area contributed by atoms with Crippen molar-refractivity contribution in [2.75, 3.05) is 6.61 Å². The number of hydrogen-bond donors (Lipinski definition) is 2. The molecule has 1 heterocycles. The Hall–Kier alpha value is -3.52. The Morgan fingerprint density at radius 2 is 1.79 bits per heavy atom. The predicted octanol–water partition coefficient (Wildman–Crippen LogP) is 5.44. The van der Waals surface area contributed by atoms with E-state index in [1.54, 1.807) is 42.5 Å². The largest absolute Gasteiger partial charge is 0.458 e. The molecule has 3 rings (SSSR count). The van der Waals surface area contributed by atoms with Crippen LogP contribution in [0.15, 0.2) is 97.6 Å². The summed E-state index contributed by atoms with van der Waals surface area (Å²) in [5.41, 5.74) is 1.55. The second kappa shape index (κ2) is 14.6. The third-order valence-electron chi connectivity index (χ3n) is 6.85. The lowest BCUT2D eigenvalue weighted by Crippen LogP contribution is -2.39. The molecule has 1 saturated heterocycles. The number of rotatable bonds is 14. The smallest absolute Gasteiger partial charge is 0.338 e. The zero-order valence-corrected chi connectivity index (χ0v) is 22.8. The van der Waals surface area contributed by atoms with Crippen LogP contribution in [0.3, 0.4) is 0 Å². The average molecular weight is 534 g/mol. The highest BCUT2D eigenvalue weighted by atomic mass is 16.7. The quantitative estimate of drug-likeness (QED) is 0.248. The first-order valence-electron chi connectivity index (χ1n) is 13.2. The first kappa shape index (κ1) is 30.0. The van der Waals surface area contributed by atoms with Crippen molar-refractivity contribution in [1.29, 1.82) is 0 Å². The van der Waals surface area contributed by atoms with E-state index in [-0.39, 0.29) is 31.1 Å². The van der Waals surface area contributed by atoms with Gasteiger partial charge >= 0.3 is 5.97 Å². The summed E-state index contributed by atoms with van der Waals surface area (Å²) in [4.78, 5) is 24.9. The summed E-state index contributed by atoms with van der Waals surface area (Å²) < 4.78 is 17.6. The topological polar surface area (TPSA) is 94.1 Å². The van der Waals surface area contributed by atoms with Crippen LogP contribution >= 0.6 is 0 Å². The molecule has 7 nitrogen and oxygen atoms in total. The first-order chi connectivity index (χ1) is 18.8. The van der Waals surface area contributed by atoms with E-state index in [0.717, 1.165) is 11.1 Å². The molecule has 0 radical (unpaired) electrons.